The molecule has 0 heterocycles. The molecule has 0 N–H and O–H groups in total. The zero-order chi connectivity index (χ0) is 12.9. The minimum atomic E-state index is 0.544. The molecule has 0 aliphatic carbocycles. The van der Waals surface area contributed by atoms with Crippen molar-refractivity contribution in [2.75, 3.05) is 7.05 Å². The largest absolute Gasteiger partial charge is 0.297 e. The zero-order valence-electron chi connectivity index (χ0n) is 12.4. The summed E-state index contributed by atoms with van der Waals surface area (Å²) in [6.07, 6.45) is 2.37. The second-order valence-corrected chi connectivity index (χ2v) is 6.16. The van der Waals surface area contributed by atoms with Gasteiger partial charge in [0.05, 0.1) is 0 Å². The van der Waals surface area contributed by atoms with Gasteiger partial charge in [-0.25, -0.2) is 0 Å². The fourth-order valence-electron chi connectivity index (χ4n) is 2.09. The van der Waals surface area contributed by atoms with Gasteiger partial charge in [0.2, 0.25) is 0 Å². The summed E-state index contributed by atoms with van der Waals surface area (Å²) >= 11 is 0. The first-order chi connectivity index (χ1) is 7.25. The van der Waals surface area contributed by atoms with Gasteiger partial charge in [0.15, 0.2) is 0 Å². The molecule has 1 nitrogen and oxygen atoms in total. The molecule has 0 rings (SSSR count). The van der Waals surface area contributed by atoms with Crippen LogP contribution in [0.2, 0.25) is 0 Å². The van der Waals surface area contributed by atoms with Crippen LogP contribution in [0.1, 0.15) is 54.4 Å². The standard InChI is InChI=1S/C15H31N/c1-11(2)9-14(7)15(10-12(3)4)16(8)13(5)6/h11-13,15H,7,9-10H2,1-6,8H3. The first kappa shape index (κ1) is 15.7. The van der Waals surface area contributed by atoms with E-state index in [1.54, 1.807) is 0 Å². The monoisotopic (exact) mass is 225 g/mol. The Morgan fingerprint density at radius 3 is 1.81 bits per heavy atom. The van der Waals surface area contributed by atoms with E-state index >= 15 is 0 Å². The first-order valence-corrected chi connectivity index (χ1v) is 6.65. The minimum Gasteiger partial charge on any atom is -0.297 e. The molecule has 96 valence electrons. The molecule has 1 heteroatoms. The summed E-state index contributed by atoms with van der Waals surface area (Å²) in [7, 11) is 2.23. The van der Waals surface area contributed by atoms with Crippen LogP contribution in [0, 0.1) is 11.8 Å². The second kappa shape index (κ2) is 7.11. The number of likely N-dealkylation sites (N-methyl/N-ethyl adjacent to an activating group) is 1. The van der Waals surface area contributed by atoms with Crippen LogP contribution in [0.3, 0.4) is 0 Å². The third-order valence-electron chi connectivity index (χ3n) is 3.14. The number of rotatable bonds is 7. The van der Waals surface area contributed by atoms with Gasteiger partial charge in [-0.15, -0.1) is 0 Å². The molecule has 0 amide bonds. The van der Waals surface area contributed by atoms with E-state index in [4.69, 9.17) is 0 Å². The maximum atomic E-state index is 4.31. The molecule has 1 unspecified atom stereocenters. The quantitative estimate of drug-likeness (QED) is 0.582. The molecule has 0 aromatic heterocycles. The lowest BCUT2D eigenvalue weighted by Gasteiger charge is -2.34. The summed E-state index contributed by atoms with van der Waals surface area (Å²) in [4.78, 5) is 2.46. The van der Waals surface area contributed by atoms with Gasteiger partial charge in [0.25, 0.3) is 0 Å². The molecular weight excluding hydrogens is 194 g/mol. The fourth-order valence-corrected chi connectivity index (χ4v) is 2.09. The molecule has 0 aliphatic rings. The van der Waals surface area contributed by atoms with Crippen molar-refractivity contribution in [3.63, 3.8) is 0 Å². The van der Waals surface area contributed by atoms with Crippen LogP contribution in [0.25, 0.3) is 0 Å². The number of hydrogen-bond donors (Lipinski definition) is 0. The Morgan fingerprint density at radius 2 is 1.50 bits per heavy atom. The summed E-state index contributed by atoms with van der Waals surface area (Å²) in [6, 6.07) is 1.13. The van der Waals surface area contributed by atoms with Crippen molar-refractivity contribution < 1.29 is 0 Å². The van der Waals surface area contributed by atoms with Crippen LogP contribution in [-0.2, 0) is 0 Å². The Bertz CT molecular complexity index is 203. The number of nitrogens with zero attached hydrogens (tertiary/aromatic N) is 1. The molecule has 1 atom stereocenters. The molecule has 0 aromatic rings. The molecule has 0 saturated heterocycles. The SMILES string of the molecule is C=C(CC(C)C)C(CC(C)C)N(C)C(C)C. The van der Waals surface area contributed by atoms with E-state index in [2.05, 4.69) is 60.1 Å². The van der Waals surface area contributed by atoms with Crippen molar-refractivity contribution in [3.05, 3.63) is 12.2 Å². The Morgan fingerprint density at radius 1 is 1.00 bits per heavy atom. The fraction of sp³-hybridized carbons (Fsp3) is 0.867. The Labute approximate surface area is 103 Å². The topological polar surface area (TPSA) is 3.24 Å². The van der Waals surface area contributed by atoms with Crippen LogP contribution in [-0.4, -0.2) is 24.0 Å². The molecular formula is C15H31N. The van der Waals surface area contributed by atoms with Gasteiger partial charge in [0, 0.05) is 12.1 Å². The molecule has 0 bridgehead atoms. The highest BCUT2D eigenvalue weighted by molar-refractivity contribution is 5.07. The average molecular weight is 225 g/mol. The Kier molecular flexibility index (Phi) is 6.98. The summed E-state index contributed by atoms with van der Waals surface area (Å²) < 4.78 is 0. The molecule has 0 saturated carbocycles. The highest BCUT2D eigenvalue weighted by Gasteiger charge is 2.21. The van der Waals surface area contributed by atoms with Gasteiger partial charge >= 0.3 is 0 Å². The predicted molar refractivity (Wildman–Crippen MR) is 74.7 cm³/mol. The van der Waals surface area contributed by atoms with E-state index in [1.165, 1.54) is 12.0 Å². The molecule has 0 aliphatic heterocycles. The molecule has 0 aromatic carbocycles. The third kappa shape index (κ3) is 5.69. The van der Waals surface area contributed by atoms with Crippen LogP contribution < -0.4 is 0 Å². The lowest BCUT2D eigenvalue weighted by atomic mass is 9.91. The van der Waals surface area contributed by atoms with E-state index < -0.39 is 0 Å². The smallest absolute Gasteiger partial charge is 0.0307 e. The average Bonchev–Trinajstić information content (AvgIpc) is 2.11. The van der Waals surface area contributed by atoms with E-state index in [0.29, 0.717) is 18.0 Å². The van der Waals surface area contributed by atoms with E-state index in [0.717, 1.165) is 12.3 Å². The number of hydrogen-bond acceptors (Lipinski definition) is 1. The van der Waals surface area contributed by atoms with Crippen molar-refractivity contribution in [3.8, 4) is 0 Å². The van der Waals surface area contributed by atoms with E-state index in [-0.39, 0.29) is 0 Å². The van der Waals surface area contributed by atoms with Crippen LogP contribution >= 0.6 is 0 Å². The maximum Gasteiger partial charge on any atom is 0.0307 e. The normalized spacial score (nSPS) is 14.2. The van der Waals surface area contributed by atoms with Crippen molar-refractivity contribution in [1.29, 1.82) is 0 Å². The van der Waals surface area contributed by atoms with Gasteiger partial charge in [-0.2, -0.15) is 0 Å². The van der Waals surface area contributed by atoms with Crippen LogP contribution in [0.4, 0.5) is 0 Å². The molecule has 0 radical (unpaired) electrons. The van der Waals surface area contributed by atoms with Gasteiger partial charge in [-0.3, -0.25) is 4.90 Å². The minimum absolute atomic E-state index is 0.544. The second-order valence-electron chi connectivity index (χ2n) is 6.16. The van der Waals surface area contributed by atoms with Gasteiger partial charge in [-0.05, 0) is 45.6 Å². The lowest BCUT2D eigenvalue weighted by molar-refractivity contribution is 0.193. The summed E-state index contributed by atoms with van der Waals surface area (Å²) in [5.74, 6) is 1.44. The van der Waals surface area contributed by atoms with E-state index in [1.807, 2.05) is 0 Å². The van der Waals surface area contributed by atoms with Crippen molar-refractivity contribution >= 4 is 0 Å². The summed E-state index contributed by atoms with van der Waals surface area (Å²) in [5, 5.41) is 0. The Hall–Kier alpha value is -0.300. The maximum absolute atomic E-state index is 4.31. The zero-order valence-corrected chi connectivity index (χ0v) is 12.4. The van der Waals surface area contributed by atoms with Crippen molar-refractivity contribution in [1.82, 2.24) is 4.90 Å². The van der Waals surface area contributed by atoms with Gasteiger partial charge in [0.1, 0.15) is 0 Å². The predicted octanol–water partition coefficient (Wildman–Crippen LogP) is 4.34. The Balaban J connectivity index is 4.59. The van der Waals surface area contributed by atoms with E-state index in [9.17, 15) is 0 Å². The highest BCUT2D eigenvalue weighted by atomic mass is 15.1. The third-order valence-corrected chi connectivity index (χ3v) is 3.14. The van der Waals surface area contributed by atoms with Crippen LogP contribution in [0.15, 0.2) is 12.2 Å². The molecule has 0 fully saturated rings. The van der Waals surface area contributed by atoms with Gasteiger partial charge < -0.3 is 0 Å². The van der Waals surface area contributed by atoms with Gasteiger partial charge in [-0.1, -0.05) is 39.8 Å². The molecule has 0 spiro atoms. The lowest BCUT2D eigenvalue weighted by Crippen LogP contribution is -2.39. The van der Waals surface area contributed by atoms with Crippen LogP contribution in [0.5, 0.6) is 0 Å². The first-order valence-electron chi connectivity index (χ1n) is 6.65. The summed E-state index contributed by atoms with van der Waals surface area (Å²) in [6.45, 7) is 18.0. The van der Waals surface area contributed by atoms with Crippen molar-refractivity contribution in [2.45, 2.75) is 66.5 Å². The summed E-state index contributed by atoms with van der Waals surface area (Å²) in [5.41, 5.74) is 1.40. The molecule has 16 heavy (non-hydrogen) atoms. The van der Waals surface area contributed by atoms with Crippen molar-refractivity contribution in [2.24, 2.45) is 11.8 Å². The highest BCUT2D eigenvalue weighted by Crippen LogP contribution is 2.23.